The molecule has 0 aliphatic heterocycles. The Morgan fingerprint density at radius 3 is 2.22 bits per heavy atom. The van der Waals surface area contributed by atoms with Crippen LogP contribution >= 0.6 is 0 Å². The molecule has 0 heterocycles. The normalized spacial score (nSPS) is 11.1. The summed E-state index contributed by atoms with van der Waals surface area (Å²) in [6.07, 6.45) is 1.10. The molecule has 0 aromatic heterocycles. The molecule has 2 rings (SSSR count). The minimum atomic E-state index is -3.44. The third-order valence-electron chi connectivity index (χ3n) is 3.44. The highest BCUT2D eigenvalue weighted by atomic mass is 32.2. The molecule has 0 fully saturated rings. The lowest BCUT2D eigenvalue weighted by atomic mass is 10.1. The van der Waals surface area contributed by atoms with Gasteiger partial charge in [-0.25, -0.2) is 8.42 Å². The van der Waals surface area contributed by atoms with Crippen LogP contribution in [0, 0.1) is 0 Å². The second-order valence-corrected chi connectivity index (χ2v) is 7.50. The Labute approximate surface area is 136 Å². The SMILES string of the molecule is CN(C)c1ccc(CNC(=O)c2ccccc2S(C)(=O)=O)cc1. The van der Waals surface area contributed by atoms with E-state index in [4.69, 9.17) is 0 Å². The topological polar surface area (TPSA) is 66.5 Å². The van der Waals surface area contributed by atoms with Crippen molar-refractivity contribution in [1.29, 1.82) is 0 Å². The summed E-state index contributed by atoms with van der Waals surface area (Å²) in [5.41, 5.74) is 2.18. The number of hydrogen-bond acceptors (Lipinski definition) is 4. The minimum absolute atomic E-state index is 0.0421. The average molecular weight is 332 g/mol. The maximum atomic E-state index is 12.3. The van der Waals surface area contributed by atoms with Crippen molar-refractivity contribution in [2.45, 2.75) is 11.4 Å². The van der Waals surface area contributed by atoms with Gasteiger partial charge in [0.25, 0.3) is 5.91 Å². The number of carbonyl (C=O) groups excluding carboxylic acids is 1. The smallest absolute Gasteiger partial charge is 0.252 e. The van der Waals surface area contributed by atoms with E-state index in [-0.39, 0.29) is 10.5 Å². The molecular weight excluding hydrogens is 312 g/mol. The molecular formula is C17H20N2O3S. The van der Waals surface area contributed by atoms with Crippen molar-refractivity contribution in [1.82, 2.24) is 5.32 Å². The number of amides is 1. The van der Waals surface area contributed by atoms with Gasteiger partial charge in [-0.05, 0) is 29.8 Å². The summed E-state index contributed by atoms with van der Waals surface area (Å²) in [7, 11) is 0.472. The Bertz CT molecular complexity index is 797. The van der Waals surface area contributed by atoms with E-state index >= 15 is 0 Å². The molecule has 2 aromatic rings. The maximum absolute atomic E-state index is 12.3. The first-order valence-corrected chi connectivity index (χ1v) is 9.02. The van der Waals surface area contributed by atoms with Crippen LogP contribution in [0.25, 0.3) is 0 Å². The molecule has 23 heavy (non-hydrogen) atoms. The van der Waals surface area contributed by atoms with Gasteiger partial charge in [-0.15, -0.1) is 0 Å². The van der Waals surface area contributed by atoms with Crippen molar-refractivity contribution < 1.29 is 13.2 Å². The average Bonchev–Trinajstić information content (AvgIpc) is 2.52. The summed E-state index contributed by atoms with van der Waals surface area (Å²) in [4.78, 5) is 14.3. The Hall–Kier alpha value is -2.34. The van der Waals surface area contributed by atoms with Crippen LogP contribution in [0.5, 0.6) is 0 Å². The van der Waals surface area contributed by atoms with Gasteiger partial charge < -0.3 is 10.2 Å². The Balaban J connectivity index is 2.12. The summed E-state index contributed by atoms with van der Waals surface area (Å²) in [5.74, 6) is -0.400. The maximum Gasteiger partial charge on any atom is 0.252 e. The zero-order valence-corrected chi connectivity index (χ0v) is 14.2. The Morgan fingerprint density at radius 2 is 1.65 bits per heavy atom. The highest BCUT2D eigenvalue weighted by molar-refractivity contribution is 7.90. The largest absolute Gasteiger partial charge is 0.378 e. The van der Waals surface area contributed by atoms with E-state index in [1.165, 1.54) is 12.1 Å². The molecule has 1 N–H and O–H groups in total. The molecule has 1 amide bonds. The predicted octanol–water partition coefficient (Wildman–Crippen LogP) is 2.09. The number of hydrogen-bond donors (Lipinski definition) is 1. The molecule has 0 atom stereocenters. The molecule has 0 aliphatic rings. The van der Waals surface area contributed by atoms with Gasteiger partial charge in [0.1, 0.15) is 0 Å². The molecule has 0 unspecified atom stereocenters. The van der Waals surface area contributed by atoms with Crippen LogP contribution in [0.2, 0.25) is 0 Å². The Kier molecular flexibility index (Phi) is 5.05. The third kappa shape index (κ3) is 4.32. The van der Waals surface area contributed by atoms with Crippen LogP contribution in [0.3, 0.4) is 0 Å². The number of benzene rings is 2. The second-order valence-electron chi connectivity index (χ2n) is 5.51. The quantitative estimate of drug-likeness (QED) is 0.910. The summed E-state index contributed by atoms with van der Waals surface area (Å²) in [5, 5.41) is 2.76. The van der Waals surface area contributed by atoms with Gasteiger partial charge in [0, 0.05) is 32.6 Å². The molecule has 5 nitrogen and oxygen atoms in total. The van der Waals surface area contributed by atoms with Crippen LogP contribution < -0.4 is 10.2 Å². The molecule has 2 aromatic carbocycles. The first-order valence-electron chi connectivity index (χ1n) is 7.12. The highest BCUT2D eigenvalue weighted by Crippen LogP contribution is 2.16. The van der Waals surface area contributed by atoms with Crippen LogP contribution in [0.15, 0.2) is 53.4 Å². The van der Waals surface area contributed by atoms with E-state index in [9.17, 15) is 13.2 Å². The molecule has 6 heteroatoms. The molecule has 0 saturated carbocycles. The molecule has 0 bridgehead atoms. The minimum Gasteiger partial charge on any atom is -0.378 e. The first kappa shape index (κ1) is 17.0. The van der Waals surface area contributed by atoms with Crippen molar-refractivity contribution in [2.24, 2.45) is 0 Å². The standard InChI is InChI=1S/C17H20N2O3S/c1-19(2)14-10-8-13(9-11-14)12-18-17(20)15-6-4-5-7-16(15)23(3,21)22/h4-11H,12H2,1-3H3,(H,18,20). The van der Waals surface area contributed by atoms with E-state index in [2.05, 4.69) is 5.32 Å². The van der Waals surface area contributed by atoms with E-state index in [0.717, 1.165) is 17.5 Å². The third-order valence-corrected chi connectivity index (χ3v) is 4.59. The lowest BCUT2D eigenvalue weighted by Crippen LogP contribution is -2.24. The van der Waals surface area contributed by atoms with Crippen molar-refractivity contribution in [3.8, 4) is 0 Å². The summed E-state index contributed by atoms with van der Waals surface area (Å²) in [6, 6.07) is 14.0. The fourth-order valence-corrected chi connectivity index (χ4v) is 3.05. The van der Waals surface area contributed by atoms with Crippen molar-refractivity contribution in [3.63, 3.8) is 0 Å². The van der Waals surface area contributed by atoms with E-state index in [1.54, 1.807) is 12.1 Å². The summed E-state index contributed by atoms with van der Waals surface area (Å²) < 4.78 is 23.5. The van der Waals surface area contributed by atoms with Gasteiger partial charge >= 0.3 is 0 Å². The number of nitrogens with zero attached hydrogens (tertiary/aromatic N) is 1. The fraction of sp³-hybridized carbons (Fsp3) is 0.235. The molecule has 0 saturated heterocycles. The summed E-state index contributed by atoms with van der Waals surface area (Å²) >= 11 is 0. The molecule has 0 radical (unpaired) electrons. The van der Waals surface area contributed by atoms with Gasteiger partial charge in [-0.2, -0.15) is 0 Å². The monoisotopic (exact) mass is 332 g/mol. The predicted molar refractivity (Wildman–Crippen MR) is 91.5 cm³/mol. The molecule has 122 valence electrons. The second kappa shape index (κ2) is 6.83. The number of sulfone groups is 1. The van der Waals surface area contributed by atoms with Crippen molar-refractivity contribution >= 4 is 21.4 Å². The van der Waals surface area contributed by atoms with Crippen molar-refractivity contribution in [2.75, 3.05) is 25.3 Å². The number of nitrogens with one attached hydrogen (secondary N) is 1. The highest BCUT2D eigenvalue weighted by Gasteiger charge is 2.17. The van der Waals surface area contributed by atoms with Gasteiger partial charge in [0.2, 0.25) is 0 Å². The van der Waals surface area contributed by atoms with Gasteiger partial charge in [0.05, 0.1) is 10.5 Å². The lowest BCUT2D eigenvalue weighted by molar-refractivity contribution is 0.0947. The fourth-order valence-electron chi connectivity index (χ4n) is 2.17. The van der Waals surface area contributed by atoms with Crippen LogP contribution in [-0.2, 0) is 16.4 Å². The number of carbonyl (C=O) groups is 1. The lowest BCUT2D eigenvalue weighted by Gasteiger charge is -2.13. The Morgan fingerprint density at radius 1 is 1.04 bits per heavy atom. The zero-order valence-electron chi connectivity index (χ0n) is 13.4. The number of rotatable bonds is 5. The molecule has 0 aliphatic carbocycles. The van der Waals surface area contributed by atoms with E-state index < -0.39 is 15.7 Å². The van der Waals surface area contributed by atoms with Gasteiger partial charge in [-0.3, -0.25) is 4.79 Å². The van der Waals surface area contributed by atoms with Gasteiger partial charge in [0.15, 0.2) is 9.84 Å². The zero-order chi connectivity index (χ0) is 17.0. The summed E-state index contributed by atoms with van der Waals surface area (Å²) in [6.45, 7) is 0.338. The van der Waals surface area contributed by atoms with Crippen LogP contribution in [-0.4, -0.2) is 34.7 Å². The van der Waals surface area contributed by atoms with Crippen LogP contribution in [0.4, 0.5) is 5.69 Å². The first-order chi connectivity index (χ1) is 10.8. The van der Waals surface area contributed by atoms with Gasteiger partial charge in [-0.1, -0.05) is 24.3 Å². The van der Waals surface area contributed by atoms with E-state index in [1.807, 2.05) is 43.3 Å². The van der Waals surface area contributed by atoms with E-state index in [0.29, 0.717) is 6.54 Å². The number of anilines is 1. The van der Waals surface area contributed by atoms with Crippen LogP contribution in [0.1, 0.15) is 15.9 Å². The molecule has 0 spiro atoms. The van der Waals surface area contributed by atoms with Crippen molar-refractivity contribution in [3.05, 3.63) is 59.7 Å².